The van der Waals surface area contributed by atoms with Crippen molar-refractivity contribution in [2.75, 3.05) is 31.5 Å². The van der Waals surface area contributed by atoms with Gasteiger partial charge >= 0.3 is 0 Å². The summed E-state index contributed by atoms with van der Waals surface area (Å²) in [6.45, 7) is 2.77. The van der Waals surface area contributed by atoms with Crippen LogP contribution in [0.15, 0.2) is 78.0 Å². The molecule has 6 nitrogen and oxygen atoms in total. The Morgan fingerprint density at radius 3 is 2.31 bits per heavy atom. The van der Waals surface area contributed by atoms with Crippen molar-refractivity contribution in [3.8, 4) is 17.2 Å². The smallest absolute Gasteiger partial charge is 0.163 e. The quantitative estimate of drug-likeness (QED) is 0.400. The van der Waals surface area contributed by atoms with Crippen LogP contribution in [0, 0.1) is 0 Å². The van der Waals surface area contributed by atoms with E-state index in [0.29, 0.717) is 24.5 Å². The minimum absolute atomic E-state index is 0.0410. The molecule has 6 heteroatoms. The molecule has 0 amide bonds. The number of ketones is 1. The molecule has 2 atom stereocenters. The SMILES string of the molecule is CCCOc1ccc([C@H]2Nc3ccccc3NC3=C2C(=O)C[C@@H](c2ccc(OC)c(OC)c2)C3)cc1. The number of methoxy groups -OCH3 is 2. The van der Waals surface area contributed by atoms with Crippen LogP contribution in [0.4, 0.5) is 11.4 Å². The second-order valence-electron chi connectivity index (χ2n) is 9.20. The minimum atomic E-state index is -0.254. The number of hydrogen-bond donors (Lipinski definition) is 2. The Morgan fingerprint density at radius 2 is 1.58 bits per heavy atom. The van der Waals surface area contributed by atoms with Crippen LogP contribution in [0.2, 0.25) is 0 Å². The Bertz CT molecular complexity index is 1280. The average Bonchev–Trinajstić information content (AvgIpc) is 3.08. The van der Waals surface area contributed by atoms with Crippen molar-refractivity contribution in [1.29, 1.82) is 0 Å². The van der Waals surface area contributed by atoms with Crippen LogP contribution in [0.1, 0.15) is 49.3 Å². The summed E-state index contributed by atoms with van der Waals surface area (Å²) in [4.78, 5) is 13.8. The van der Waals surface area contributed by atoms with Crippen molar-refractivity contribution < 1.29 is 19.0 Å². The largest absolute Gasteiger partial charge is 0.494 e. The van der Waals surface area contributed by atoms with Gasteiger partial charge in [0.15, 0.2) is 17.3 Å². The van der Waals surface area contributed by atoms with Gasteiger partial charge in [-0.1, -0.05) is 37.3 Å². The predicted octanol–water partition coefficient (Wildman–Crippen LogP) is 6.47. The Morgan fingerprint density at radius 1 is 0.861 bits per heavy atom. The number of allylic oxidation sites excluding steroid dienone is 1. The third kappa shape index (κ3) is 4.63. The Kier molecular flexibility index (Phi) is 6.85. The van der Waals surface area contributed by atoms with Crippen LogP contribution in [-0.4, -0.2) is 26.6 Å². The number of rotatable bonds is 7. The molecule has 0 radical (unpaired) electrons. The summed E-state index contributed by atoms with van der Waals surface area (Å²) in [5.41, 5.74) is 5.79. The molecule has 0 bridgehead atoms. The highest BCUT2D eigenvalue weighted by Gasteiger charge is 2.36. The first kappa shape index (κ1) is 23.8. The average molecular weight is 485 g/mol. The fourth-order valence-corrected chi connectivity index (χ4v) is 5.06. The molecular formula is C30H32N2O4. The van der Waals surface area contributed by atoms with Gasteiger partial charge in [0.05, 0.1) is 38.2 Å². The molecule has 3 aromatic rings. The second-order valence-corrected chi connectivity index (χ2v) is 9.20. The zero-order valence-corrected chi connectivity index (χ0v) is 21.0. The summed E-state index contributed by atoms with van der Waals surface area (Å²) >= 11 is 0. The summed E-state index contributed by atoms with van der Waals surface area (Å²) in [5.74, 6) is 2.37. The van der Waals surface area contributed by atoms with E-state index in [1.54, 1.807) is 14.2 Å². The van der Waals surface area contributed by atoms with Crippen LogP contribution in [0.3, 0.4) is 0 Å². The lowest BCUT2D eigenvalue weighted by atomic mass is 9.78. The summed E-state index contributed by atoms with van der Waals surface area (Å²) in [6, 6.07) is 21.8. The lowest BCUT2D eigenvalue weighted by Crippen LogP contribution is -2.26. The van der Waals surface area contributed by atoms with E-state index in [1.165, 1.54) is 0 Å². The van der Waals surface area contributed by atoms with Gasteiger partial charge in [-0.2, -0.15) is 0 Å². The molecule has 2 aliphatic rings. The van der Waals surface area contributed by atoms with Crippen molar-refractivity contribution in [2.24, 2.45) is 0 Å². The van der Waals surface area contributed by atoms with Gasteiger partial charge in [-0.05, 0) is 66.3 Å². The second kappa shape index (κ2) is 10.4. The Labute approximate surface area is 212 Å². The molecule has 0 unspecified atom stereocenters. The third-order valence-electron chi connectivity index (χ3n) is 6.87. The van der Waals surface area contributed by atoms with E-state index >= 15 is 0 Å². The zero-order valence-electron chi connectivity index (χ0n) is 21.0. The highest BCUT2D eigenvalue weighted by atomic mass is 16.5. The third-order valence-corrected chi connectivity index (χ3v) is 6.87. The van der Waals surface area contributed by atoms with Gasteiger partial charge in [0.1, 0.15) is 5.75 Å². The number of hydrogen-bond acceptors (Lipinski definition) is 6. The van der Waals surface area contributed by atoms with E-state index in [0.717, 1.165) is 52.4 Å². The predicted molar refractivity (Wildman–Crippen MR) is 142 cm³/mol. The van der Waals surface area contributed by atoms with E-state index in [4.69, 9.17) is 14.2 Å². The summed E-state index contributed by atoms with van der Waals surface area (Å²) in [5, 5.41) is 7.23. The number of benzene rings is 3. The number of carbonyl (C=O) groups excluding carboxylic acids is 1. The highest BCUT2D eigenvalue weighted by Crippen LogP contribution is 2.45. The van der Waals surface area contributed by atoms with Gasteiger partial charge in [0, 0.05) is 17.7 Å². The number of ether oxygens (including phenoxy) is 3. The molecule has 186 valence electrons. The summed E-state index contributed by atoms with van der Waals surface area (Å²) < 4.78 is 16.7. The number of Topliss-reactive ketones (excluding diaryl/α,β-unsaturated/α-hetero) is 1. The van der Waals surface area contributed by atoms with Gasteiger partial charge in [-0.25, -0.2) is 0 Å². The molecule has 3 aromatic carbocycles. The van der Waals surface area contributed by atoms with Crippen LogP contribution < -0.4 is 24.8 Å². The van der Waals surface area contributed by atoms with E-state index in [2.05, 4.69) is 29.7 Å². The lowest BCUT2D eigenvalue weighted by Gasteiger charge is -2.30. The van der Waals surface area contributed by atoms with E-state index in [9.17, 15) is 4.79 Å². The standard InChI is InChI=1S/C30H32N2O4/c1-4-15-36-22-12-9-19(10-13-22)30-29-25(31-23-7-5-6-8-24(23)32-30)16-21(17-26(29)33)20-11-14-27(34-2)28(18-20)35-3/h5-14,18,21,30-32H,4,15-17H2,1-3H3/t21-,30+/m0/s1. The fourth-order valence-electron chi connectivity index (χ4n) is 5.06. The molecule has 0 fully saturated rings. The monoisotopic (exact) mass is 484 g/mol. The van der Waals surface area contributed by atoms with E-state index in [-0.39, 0.29) is 17.7 Å². The Balaban J connectivity index is 1.52. The molecule has 0 aromatic heterocycles. The van der Waals surface area contributed by atoms with Gasteiger partial charge in [0.25, 0.3) is 0 Å². The Hall–Kier alpha value is -3.93. The maximum Gasteiger partial charge on any atom is 0.163 e. The maximum absolute atomic E-state index is 13.8. The van der Waals surface area contributed by atoms with Crippen molar-refractivity contribution in [1.82, 2.24) is 0 Å². The topological polar surface area (TPSA) is 68.8 Å². The number of para-hydroxylation sites is 2. The van der Waals surface area contributed by atoms with E-state index in [1.807, 2.05) is 54.6 Å². The van der Waals surface area contributed by atoms with Crippen molar-refractivity contribution in [3.63, 3.8) is 0 Å². The van der Waals surface area contributed by atoms with Crippen LogP contribution in [0.5, 0.6) is 17.2 Å². The number of carbonyl (C=O) groups is 1. The lowest BCUT2D eigenvalue weighted by molar-refractivity contribution is -0.116. The minimum Gasteiger partial charge on any atom is -0.494 e. The molecule has 0 saturated carbocycles. The van der Waals surface area contributed by atoms with E-state index < -0.39 is 0 Å². The number of nitrogens with one attached hydrogen (secondary N) is 2. The molecule has 2 N–H and O–H groups in total. The first-order valence-corrected chi connectivity index (χ1v) is 12.4. The molecule has 1 heterocycles. The van der Waals surface area contributed by atoms with Gasteiger partial charge < -0.3 is 24.8 Å². The van der Waals surface area contributed by atoms with Gasteiger partial charge in [0.2, 0.25) is 0 Å². The normalized spacial score (nSPS) is 18.8. The van der Waals surface area contributed by atoms with Crippen LogP contribution in [0.25, 0.3) is 0 Å². The van der Waals surface area contributed by atoms with Crippen LogP contribution in [-0.2, 0) is 4.79 Å². The molecule has 1 aliphatic heterocycles. The molecular weight excluding hydrogens is 452 g/mol. The van der Waals surface area contributed by atoms with Crippen molar-refractivity contribution in [2.45, 2.75) is 38.1 Å². The molecule has 1 aliphatic carbocycles. The first-order valence-electron chi connectivity index (χ1n) is 12.4. The molecule has 36 heavy (non-hydrogen) atoms. The fraction of sp³-hybridized carbons (Fsp3) is 0.300. The van der Waals surface area contributed by atoms with Crippen molar-refractivity contribution in [3.05, 3.63) is 89.1 Å². The highest BCUT2D eigenvalue weighted by molar-refractivity contribution is 6.01. The van der Waals surface area contributed by atoms with Gasteiger partial charge in [-0.3, -0.25) is 4.79 Å². The summed E-state index contributed by atoms with van der Waals surface area (Å²) in [6.07, 6.45) is 2.11. The molecule has 0 saturated heterocycles. The van der Waals surface area contributed by atoms with Gasteiger partial charge in [-0.15, -0.1) is 0 Å². The van der Waals surface area contributed by atoms with Crippen LogP contribution >= 0.6 is 0 Å². The van der Waals surface area contributed by atoms with Crippen molar-refractivity contribution >= 4 is 17.2 Å². The first-order chi connectivity index (χ1) is 17.6. The molecule has 0 spiro atoms. The zero-order chi connectivity index (χ0) is 25.1. The molecule has 5 rings (SSSR count). The summed E-state index contributed by atoms with van der Waals surface area (Å²) in [7, 11) is 3.26. The number of fused-ring (bicyclic) bond motifs is 1. The number of anilines is 2. The maximum atomic E-state index is 13.8.